The molecule has 2 aromatic carbocycles. The first kappa shape index (κ1) is 21.5. The number of carbonyl (C=O) groups excluding carboxylic acids is 2. The molecule has 1 aliphatic rings. The van der Waals surface area contributed by atoms with Crippen molar-refractivity contribution in [1.29, 1.82) is 0 Å². The van der Waals surface area contributed by atoms with E-state index in [2.05, 4.69) is 4.98 Å². The molecule has 162 valence electrons. The molecule has 32 heavy (non-hydrogen) atoms. The third-order valence-electron chi connectivity index (χ3n) is 5.22. The number of hydrogen-bond acceptors (Lipinski definition) is 5. The zero-order valence-electron chi connectivity index (χ0n) is 17.0. The van der Waals surface area contributed by atoms with Crippen molar-refractivity contribution in [1.82, 2.24) is 9.88 Å². The maximum atomic E-state index is 13.6. The van der Waals surface area contributed by atoms with E-state index in [1.54, 1.807) is 36.7 Å². The normalized spacial score (nSPS) is 17.6. The van der Waals surface area contributed by atoms with E-state index >= 15 is 0 Å². The summed E-state index contributed by atoms with van der Waals surface area (Å²) >= 11 is 6.10. The highest BCUT2D eigenvalue weighted by molar-refractivity contribution is 6.46. The van der Waals surface area contributed by atoms with Crippen LogP contribution in [0.15, 0.2) is 72.6 Å². The number of halogens is 2. The maximum absolute atomic E-state index is 13.6. The molecular weight excluding hydrogens is 435 g/mol. The highest BCUT2D eigenvalue weighted by Crippen LogP contribution is 2.42. The lowest BCUT2D eigenvalue weighted by atomic mass is 9.95. The molecule has 6 nitrogen and oxygen atoms in total. The zero-order valence-corrected chi connectivity index (χ0v) is 17.7. The molecule has 0 bridgehead atoms. The Balaban J connectivity index is 1.91. The fourth-order valence-electron chi connectivity index (χ4n) is 3.73. The number of benzene rings is 2. The minimum absolute atomic E-state index is 0.0733. The summed E-state index contributed by atoms with van der Waals surface area (Å²) in [4.78, 5) is 31.5. The number of methoxy groups -OCH3 is 1. The number of ether oxygens (including phenoxy) is 1. The van der Waals surface area contributed by atoms with E-state index in [9.17, 15) is 19.1 Å². The quantitative estimate of drug-likeness (QED) is 0.350. The van der Waals surface area contributed by atoms with Crippen LogP contribution in [0.25, 0.3) is 5.76 Å². The largest absolute Gasteiger partial charge is 0.507 e. The van der Waals surface area contributed by atoms with Crippen molar-refractivity contribution in [2.45, 2.75) is 12.6 Å². The Labute approximate surface area is 188 Å². The van der Waals surface area contributed by atoms with Gasteiger partial charge >= 0.3 is 0 Å². The number of carbonyl (C=O) groups is 2. The average molecular weight is 453 g/mol. The van der Waals surface area contributed by atoms with Gasteiger partial charge in [-0.25, -0.2) is 4.39 Å². The molecule has 0 radical (unpaired) electrons. The first-order valence-electron chi connectivity index (χ1n) is 9.67. The molecule has 2 heterocycles. The molecule has 0 saturated carbocycles. The maximum Gasteiger partial charge on any atom is 0.295 e. The topological polar surface area (TPSA) is 79.7 Å². The van der Waals surface area contributed by atoms with Crippen LogP contribution < -0.4 is 4.74 Å². The molecule has 8 heteroatoms. The summed E-state index contributed by atoms with van der Waals surface area (Å²) in [5.74, 6) is -2.25. The van der Waals surface area contributed by atoms with Crippen LogP contribution in [0, 0.1) is 5.82 Å². The number of rotatable bonds is 5. The van der Waals surface area contributed by atoms with Crippen LogP contribution in [0.2, 0.25) is 5.02 Å². The number of ketones is 1. The minimum atomic E-state index is -0.945. The zero-order chi connectivity index (χ0) is 22.8. The van der Waals surface area contributed by atoms with Crippen LogP contribution in [0.5, 0.6) is 5.75 Å². The summed E-state index contributed by atoms with van der Waals surface area (Å²) in [6, 6.07) is 12.6. The van der Waals surface area contributed by atoms with Gasteiger partial charge in [0.15, 0.2) is 0 Å². The molecule has 1 fully saturated rings. The Morgan fingerprint density at radius 3 is 2.59 bits per heavy atom. The molecule has 1 atom stereocenters. The fraction of sp³-hybridized carbons (Fsp3) is 0.125. The Morgan fingerprint density at radius 2 is 1.94 bits per heavy atom. The highest BCUT2D eigenvalue weighted by Gasteiger charge is 2.46. The predicted octanol–water partition coefficient (Wildman–Crippen LogP) is 4.50. The number of aliphatic hydroxyl groups excluding tert-OH is 1. The van der Waals surface area contributed by atoms with E-state index in [1.165, 1.54) is 42.3 Å². The molecule has 0 aliphatic carbocycles. The van der Waals surface area contributed by atoms with Gasteiger partial charge in [-0.3, -0.25) is 14.6 Å². The molecule has 4 rings (SSSR count). The molecule has 0 spiro atoms. The van der Waals surface area contributed by atoms with Crippen LogP contribution in [-0.4, -0.2) is 33.8 Å². The number of aromatic nitrogens is 1. The van der Waals surface area contributed by atoms with Crippen molar-refractivity contribution in [2.75, 3.05) is 7.11 Å². The minimum Gasteiger partial charge on any atom is -0.507 e. The number of aliphatic hydroxyl groups is 1. The second-order valence-electron chi connectivity index (χ2n) is 7.18. The molecule has 3 aromatic rings. The van der Waals surface area contributed by atoms with Crippen LogP contribution in [0.4, 0.5) is 4.39 Å². The Morgan fingerprint density at radius 1 is 1.19 bits per heavy atom. The number of Topliss-reactive ketones (excluding diaryl/α,β-unsaturated/α-hetero) is 1. The van der Waals surface area contributed by atoms with Crippen molar-refractivity contribution in [3.63, 3.8) is 0 Å². The Bertz CT molecular complexity index is 1210. The van der Waals surface area contributed by atoms with Gasteiger partial charge in [0.05, 0.1) is 24.3 Å². The van der Waals surface area contributed by atoms with Crippen molar-refractivity contribution < 1.29 is 23.8 Å². The average Bonchev–Trinajstić information content (AvgIpc) is 3.04. The van der Waals surface area contributed by atoms with Crippen molar-refractivity contribution >= 4 is 29.1 Å². The lowest BCUT2D eigenvalue weighted by Crippen LogP contribution is -2.29. The third-order valence-corrected chi connectivity index (χ3v) is 5.45. The second-order valence-corrected chi connectivity index (χ2v) is 7.62. The van der Waals surface area contributed by atoms with Gasteiger partial charge in [-0.1, -0.05) is 29.8 Å². The molecule has 1 aromatic heterocycles. The van der Waals surface area contributed by atoms with Gasteiger partial charge in [0.1, 0.15) is 17.3 Å². The van der Waals surface area contributed by atoms with Gasteiger partial charge in [0.2, 0.25) is 0 Å². The van der Waals surface area contributed by atoms with E-state index in [0.29, 0.717) is 16.1 Å². The number of hydrogen-bond donors (Lipinski definition) is 1. The van der Waals surface area contributed by atoms with Crippen LogP contribution in [0.3, 0.4) is 0 Å². The summed E-state index contributed by atoms with van der Waals surface area (Å²) in [6.07, 6.45) is 3.18. The highest BCUT2D eigenvalue weighted by atomic mass is 35.5. The molecule has 1 aliphatic heterocycles. The summed E-state index contributed by atoms with van der Waals surface area (Å²) in [5, 5.41) is 11.5. The van der Waals surface area contributed by atoms with Gasteiger partial charge in [-0.2, -0.15) is 0 Å². The second kappa shape index (κ2) is 8.80. The third kappa shape index (κ3) is 3.94. The van der Waals surface area contributed by atoms with Crippen molar-refractivity contribution in [3.8, 4) is 5.75 Å². The van der Waals surface area contributed by atoms with Crippen LogP contribution in [0.1, 0.15) is 22.7 Å². The number of pyridine rings is 1. The number of amides is 1. The molecule has 1 unspecified atom stereocenters. The standard InChI is InChI=1S/C24H18ClFN2O4/c1-32-19-9-6-16(25)11-18(19)22(29)20-21(15-4-7-17(26)8-5-15)28(24(31)23(20)30)13-14-3-2-10-27-12-14/h2-12,21,29H,13H2,1H3/b22-20+. The van der Waals surface area contributed by atoms with Gasteiger partial charge in [-0.05, 0) is 47.5 Å². The summed E-state index contributed by atoms with van der Waals surface area (Å²) < 4.78 is 18.9. The van der Waals surface area contributed by atoms with Crippen molar-refractivity contribution in [2.24, 2.45) is 0 Å². The summed E-state index contributed by atoms with van der Waals surface area (Å²) in [5.41, 5.74) is 1.21. The van der Waals surface area contributed by atoms with E-state index < -0.39 is 29.3 Å². The fourth-order valence-corrected chi connectivity index (χ4v) is 3.91. The predicted molar refractivity (Wildman–Crippen MR) is 116 cm³/mol. The van der Waals surface area contributed by atoms with Gasteiger partial charge in [-0.15, -0.1) is 0 Å². The monoisotopic (exact) mass is 452 g/mol. The molecule has 1 amide bonds. The van der Waals surface area contributed by atoms with E-state index in [-0.39, 0.29) is 23.4 Å². The lowest BCUT2D eigenvalue weighted by molar-refractivity contribution is -0.140. The van der Waals surface area contributed by atoms with Crippen LogP contribution >= 0.6 is 11.6 Å². The number of nitrogens with zero attached hydrogens (tertiary/aromatic N) is 2. The van der Waals surface area contributed by atoms with Gasteiger partial charge in [0, 0.05) is 24.0 Å². The van der Waals surface area contributed by atoms with E-state index in [4.69, 9.17) is 16.3 Å². The lowest BCUT2D eigenvalue weighted by Gasteiger charge is -2.25. The Kier molecular flexibility index (Phi) is 5.92. The summed E-state index contributed by atoms with van der Waals surface area (Å²) in [7, 11) is 1.42. The van der Waals surface area contributed by atoms with E-state index in [1.807, 2.05) is 0 Å². The molecule has 1 N–H and O–H groups in total. The SMILES string of the molecule is COc1ccc(Cl)cc1/C(O)=C1\C(=O)C(=O)N(Cc2cccnc2)C1c1ccc(F)cc1. The van der Waals surface area contributed by atoms with Crippen LogP contribution in [-0.2, 0) is 16.1 Å². The van der Waals surface area contributed by atoms with Gasteiger partial charge in [0.25, 0.3) is 11.7 Å². The Hall–Kier alpha value is -3.71. The van der Waals surface area contributed by atoms with E-state index in [0.717, 1.165) is 0 Å². The summed E-state index contributed by atoms with van der Waals surface area (Å²) in [6.45, 7) is 0.0733. The molecular formula is C24H18ClFN2O4. The van der Waals surface area contributed by atoms with Crippen molar-refractivity contribution in [3.05, 3.63) is 100 Å². The van der Waals surface area contributed by atoms with Gasteiger partial charge < -0.3 is 14.7 Å². The first-order chi connectivity index (χ1) is 15.4. The number of likely N-dealkylation sites (tertiary alicyclic amines) is 1. The first-order valence-corrected chi connectivity index (χ1v) is 10.0. The molecule has 1 saturated heterocycles. The smallest absolute Gasteiger partial charge is 0.295 e.